The highest BCUT2D eigenvalue weighted by Crippen LogP contribution is 2.31. The number of anilines is 1. The number of aromatic nitrogens is 5. The van der Waals surface area contributed by atoms with E-state index >= 15 is 0 Å². The zero-order valence-electron chi connectivity index (χ0n) is 14.6. The molecule has 0 aromatic carbocycles. The van der Waals surface area contributed by atoms with Crippen molar-refractivity contribution in [2.45, 2.75) is 38.6 Å². The number of carbonyl (C=O) groups excluding carboxylic acids is 1. The molecule has 9 heteroatoms. The molecule has 0 radical (unpaired) electrons. The molecule has 1 amide bonds. The number of hydrogen-bond acceptors (Lipinski definition) is 7. The SMILES string of the molecule is CCc1nc2c(N3CCC(c4nccn4CC(N)=O)CC3)ncnc2o1. The second kappa shape index (κ2) is 6.74. The number of carbonyl (C=O) groups is 1. The van der Waals surface area contributed by atoms with E-state index in [1.54, 1.807) is 6.20 Å². The van der Waals surface area contributed by atoms with E-state index < -0.39 is 0 Å². The lowest BCUT2D eigenvalue weighted by Gasteiger charge is -2.32. The first-order valence-corrected chi connectivity index (χ1v) is 8.80. The molecule has 9 nitrogen and oxygen atoms in total. The summed E-state index contributed by atoms with van der Waals surface area (Å²) >= 11 is 0. The molecule has 1 aliphatic heterocycles. The van der Waals surface area contributed by atoms with Crippen molar-refractivity contribution in [3.63, 3.8) is 0 Å². The van der Waals surface area contributed by atoms with Gasteiger partial charge in [0.15, 0.2) is 17.2 Å². The van der Waals surface area contributed by atoms with Gasteiger partial charge in [-0.15, -0.1) is 0 Å². The largest absolute Gasteiger partial charge is 0.422 e. The summed E-state index contributed by atoms with van der Waals surface area (Å²) in [6.07, 6.45) is 7.61. The summed E-state index contributed by atoms with van der Waals surface area (Å²) in [6.45, 7) is 3.82. The number of amides is 1. The van der Waals surface area contributed by atoms with Gasteiger partial charge in [0, 0.05) is 37.8 Å². The molecule has 0 saturated carbocycles. The quantitative estimate of drug-likeness (QED) is 0.732. The van der Waals surface area contributed by atoms with E-state index in [1.165, 1.54) is 6.33 Å². The van der Waals surface area contributed by atoms with Crippen LogP contribution < -0.4 is 10.6 Å². The van der Waals surface area contributed by atoms with Gasteiger partial charge in [-0.2, -0.15) is 4.98 Å². The van der Waals surface area contributed by atoms with E-state index in [-0.39, 0.29) is 12.5 Å². The first-order chi connectivity index (χ1) is 12.7. The van der Waals surface area contributed by atoms with E-state index in [0.717, 1.165) is 49.5 Å². The molecular formula is C17H21N7O2. The number of nitrogens with zero attached hydrogens (tertiary/aromatic N) is 6. The molecule has 4 rings (SSSR count). The Bertz CT molecular complexity index is 924. The normalized spacial score (nSPS) is 15.7. The predicted molar refractivity (Wildman–Crippen MR) is 94.6 cm³/mol. The van der Waals surface area contributed by atoms with Crippen LogP contribution in [0, 0.1) is 0 Å². The van der Waals surface area contributed by atoms with Crippen molar-refractivity contribution in [2.24, 2.45) is 5.73 Å². The van der Waals surface area contributed by atoms with Crippen LogP contribution >= 0.6 is 0 Å². The fourth-order valence-electron chi connectivity index (χ4n) is 3.50. The van der Waals surface area contributed by atoms with Crippen LogP contribution in [0.1, 0.15) is 37.4 Å². The van der Waals surface area contributed by atoms with Gasteiger partial charge in [0.25, 0.3) is 5.71 Å². The summed E-state index contributed by atoms with van der Waals surface area (Å²) in [5.41, 5.74) is 6.57. The molecule has 0 aliphatic carbocycles. The van der Waals surface area contributed by atoms with Gasteiger partial charge < -0.3 is 19.6 Å². The fourth-order valence-corrected chi connectivity index (χ4v) is 3.50. The van der Waals surface area contributed by atoms with Gasteiger partial charge in [-0.05, 0) is 12.8 Å². The molecule has 0 spiro atoms. The number of nitrogens with two attached hydrogens (primary N) is 1. The number of primary amides is 1. The smallest absolute Gasteiger partial charge is 0.252 e. The maximum Gasteiger partial charge on any atom is 0.252 e. The summed E-state index contributed by atoms with van der Waals surface area (Å²) in [4.78, 5) is 31.0. The minimum Gasteiger partial charge on any atom is -0.422 e. The van der Waals surface area contributed by atoms with Crippen molar-refractivity contribution in [2.75, 3.05) is 18.0 Å². The highest BCUT2D eigenvalue weighted by atomic mass is 16.4. The number of imidazole rings is 1. The average Bonchev–Trinajstić information content (AvgIpc) is 3.27. The minimum absolute atomic E-state index is 0.167. The molecular weight excluding hydrogens is 334 g/mol. The second-order valence-electron chi connectivity index (χ2n) is 6.45. The molecule has 26 heavy (non-hydrogen) atoms. The van der Waals surface area contributed by atoms with E-state index in [4.69, 9.17) is 10.2 Å². The number of rotatable bonds is 5. The van der Waals surface area contributed by atoms with Crippen LogP contribution in [-0.4, -0.2) is 43.5 Å². The zero-order chi connectivity index (χ0) is 18.1. The molecule has 1 saturated heterocycles. The third kappa shape index (κ3) is 3.00. The molecule has 1 fully saturated rings. The Morgan fingerprint density at radius 1 is 1.31 bits per heavy atom. The lowest BCUT2D eigenvalue weighted by Crippen LogP contribution is -2.34. The maximum absolute atomic E-state index is 11.2. The van der Waals surface area contributed by atoms with Crippen LogP contribution in [0.4, 0.5) is 5.82 Å². The molecule has 3 aromatic heterocycles. The highest BCUT2D eigenvalue weighted by molar-refractivity contribution is 5.81. The molecule has 136 valence electrons. The van der Waals surface area contributed by atoms with Crippen molar-refractivity contribution < 1.29 is 9.21 Å². The van der Waals surface area contributed by atoms with Crippen molar-refractivity contribution in [3.05, 3.63) is 30.4 Å². The van der Waals surface area contributed by atoms with E-state index in [1.807, 2.05) is 17.7 Å². The van der Waals surface area contributed by atoms with Gasteiger partial charge in [-0.3, -0.25) is 4.79 Å². The summed E-state index contributed by atoms with van der Waals surface area (Å²) in [5.74, 6) is 2.35. The van der Waals surface area contributed by atoms with Crippen molar-refractivity contribution in [3.8, 4) is 0 Å². The van der Waals surface area contributed by atoms with Gasteiger partial charge in [-0.1, -0.05) is 6.92 Å². The standard InChI is InChI=1S/C17H21N7O2/c1-2-13-22-14-16(20-10-21-17(14)26-13)23-6-3-11(4-7-23)15-19-5-8-24(15)9-12(18)25/h5,8,10-11H,2-4,6-7,9H2,1H3,(H2,18,25). The molecule has 1 aliphatic rings. The Hall–Kier alpha value is -2.97. The van der Waals surface area contributed by atoms with Gasteiger partial charge in [0.2, 0.25) is 5.91 Å². The maximum atomic E-state index is 11.2. The lowest BCUT2D eigenvalue weighted by molar-refractivity contribution is -0.118. The van der Waals surface area contributed by atoms with E-state index in [0.29, 0.717) is 17.5 Å². The Balaban J connectivity index is 1.52. The van der Waals surface area contributed by atoms with Crippen LogP contribution in [0.15, 0.2) is 23.1 Å². The molecule has 0 unspecified atom stereocenters. The number of aryl methyl sites for hydroxylation is 1. The summed E-state index contributed by atoms with van der Waals surface area (Å²) in [7, 11) is 0. The van der Waals surface area contributed by atoms with Crippen LogP contribution in [0.5, 0.6) is 0 Å². The van der Waals surface area contributed by atoms with Crippen LogP contribution in [-0.2, 0) is 17.8 Å². The van der Waals surface area contributed by atoms with E-state index in [9.17, 15) is 4.79 Å². The summed E-state index contributed by atoms with van der Waals surface area (Å²) in [5, 5.41) is 0. The Morgan fingerprint density at radius 3 is 2.85 bits per heavy atom. The van der Waals surface area contributed by atoms with Gasteiger partial charge in [-0.25, -0.2) is 15.0 Å². The zero-order valence-corrected chi connectivity index (χ0v) is 14.6. The van der Waals surface area contributed by atoms with Crippen LogP contribution in [0.2, 0.25) is 0 Å². The van der Waals surface area contributed by atoms with Crippen molar-refractivity contribution >= 4 is 23.0 Å². The van der Waals surface area contributed by atoms with Gasteiger partial charge in [0.05, 0.1) is 0 Å². The Morgan fingerprint density at radius 2 is 2.12 bits per heavy atom. The van der Waals surface area contributed by atoms with Crippen LogP contribution in [0.25, 0.3) is 11.2 Å². The fraction of sp³-hybridized carbons (Fsp3) is 0.471. The monoisotopic (exact) mass is 355 g/mol. The van der Waals surface area contributed by atoms with Gasteiger partial charge in [0.1, 0.15) is 18.7 Å². The minimum atomic E-state index is -0.358. The third-order valence-corrected chi connectivity index (χ3v) is 4.76. The summed E-state index contributed by atoms with van der Waals surface area (Å²) < 4.78 is 7.48. The highest BCUT2D eigenvalue weighted by Gasteiger charge is 2.26. The molecule has 4 heterocycles. The summed E-state index contributed by atoms with van der Waals surface area (Å²) in [6, 6.07) is 0. The second-order valence-corrected chi connectivity index (χ2v) is 6.45. The molecule has 3 aromatic rings. The Kier molecular flexibility index (Phi) is 4.27. The first kappa shape index (κ1) is 16.5. The molecule has 0 bridgehead atoms. The molecule has 0 atom stereocenters. The number of oxazole rings is 1. The van der Waals surface area contributed by atoms with Crippen molar-refractivity contribution in [1.82, 2.24) is 24.5 Å². The van der Waals surface area contributed by atoms with Crippen molar-refractivity contribution in [1.29, 1.82) is 0 Å². The lowest BCUT2D eigenvalue weighted by atomic mass is 9.96. The predicted octanol–water partition coefficient (Wildman–Crippen LogP) is 1.25. The number of piperidine rings is 1. The van der Waals surface area contributed by atoms with Crippen LogP contribution in [0.3, 0.4) is 0 Å². The topological polar surface area (TPSA) is 116 Å². The molecule has 2 N–H and O–H groups in total. The van der Waals surface area contributed by atoms with E-state index in [2.05, 4.69) is 24.8 Å². The first-order valence-electron chi connectivity index (χ1n) is 8.80. The number of hydrogen-bond donors (Lipinski definition) is 1. The average molecular weight is 355 g/mol. The van der Waals surface area contributed by atoms with Gasteiger partial charge >= 0.3 is 0 Å². The third-order valence-electron chi connectivity index (χ3n) is 4.76. The number of fused-ring (bicyclic) bond motifs is 1. The Labute approximate surface area is 150 Å².